The molecular weight excluding hydrogens is 284 g/mol. The van der Waals surface area contributed by atoms with Gasteiger partial charge in [0.05, 0.1) is 5.56 Å². The maximum Gasteiger partial charge on any atom is 0.419 e. The van der Waals surface area contributed by atoms with E-state index in [2.05, 4.69) is 5.43 Å². The van der Waals surface area contributed by atoms with Crippen LogP contribution in [-0.2, 0) is 12.6 Å². The molecule has 3 N–H and O–H groups in total. The van der Waals surface area contributed by atoms with Gasteiger partial charge in [0.2, 0.25) is 0 Å². The first-order chi connectivity index (χ1) is 9.91. The molecule has 0 fully saturated rings. The summed E-state index contributed by atoms with van der Waals surface area (Å²) in [5.74, 6) is 4.13. The molecule has 2 nitrogen and oxygen atoms in total. The van der Waals surface area contributed by atoms with Gasteiger partial charge in [0, 0.05) is 6.04 Å². The van der Waals surface area contributed by atoms with Gasteiger partial charge in [0.25, 0.3) is 0 Å². The van der Waals surface area contributed by atoms with Crippen molar-refractivity contribution in [3.63, 3.8) is 0 Å². The van der Waals surface area contributed by atoms with Crippen molar-refractivity contribution < 1.29 is 17.6 Å². The van der Waals surface area contributed by atoms with Crippen molar-refractivity contribution in [1.29, 1.82) is 0 Å². The van der Waals surface area contributed by atoms with E-state index in [1.54, 1.807) is 0 Å². The van der Waals surface area contributed by atoms with E-state index in [4.69, 9.17) is 5.84 Å². The van der Waals surface area contributed by atoms with Gasteiger partial charge in [0.15, 0.2) is 0 Å². The van der Waals surface area contributed by atoms with Crippen LogP contribution in [0.1, 0.15) is 22.7 Å². The minimum Gasteiger partial charge on any atom is -0.271 e. The Balaban J connectivity index is 2.30. The zero-order valence-corrected chi connectivity index (χ0v) is 11.0. The standard InChI is InChI=1S/C15H14F4N2/c16-13-7-6-11(9-12(13)15(17,18)19)14(21-20)8-10-4-2-1-3-5-10/h1-7,9,14,21H,8,20H2. The van der Waals surface area contributed by atoms with Crippen LogP contribution in [0.15, 0.2) is 48.5 Å². The van der Waals surface area contributed by atoms with E-state index in [-0.39, 0.29) is 5.56 Å². The summed E-state index contributed by atoms with van der Waals surface area (Å²) in [6.45, 7) is 0. The average Bonchev–Trinajstić information content (AvgIpc) is 2.45. The van der Waals surface area contributed by atoms with Crippen LogP contribution < -0.4 is 11.3 Å². The van der Waals surface area contributed by atoms with Crippen molar-refractivity contribution in [2.75, 3.05) is 0 Å². The third-order valence-electron chi connectivity index (χ3n) is 3.18. The number of rotatable bonds is 4. The largest absolute Gasteiger partial charge is 0.419 e. The fraction of sp³-hybridized carbons (Fsp3) is 0.200. The van der Waals surface area contributed by atoms with E-state index in [0.29, 0.717) is 6.42 Å². The minimum atomic E-state index is -4.73. The van der Waals surface area contributed by atoms with Crippen molar-refractivity contribution in [1.82, 2.24) is 5.43 Å². The minimum absolute atomic E-state index is 0.287. The zero-order chi connectivity index (χ0) is 15.5. The highest BCUT2D eigenvalue weighted by atomic mass is 19.4. The summed E-state index contributed by atoms with van der Waals surface area (Å²) < 4.78 is 51.5. The maximum absolute atomic E-state index is 13.3. The average molecular weight is 298 g/mol. The molecule has 1 atom stereocenters. The van der Waals surface area contributed by atoms with Crippen LogP contribution in [0.3, 0.4) is 0 Å². The topological polar surface area (TPSA) is 38.0 Å². The van der Waals surface area contributed by atoms with Gasteiger partial charge >= 0.3 is 6.18 Å². The molecule has 2 aromatic carbocycles. The first-order valence-electron chi connectivity index (χ1n) is 6.28. The molecule has 0 aliphatic rings. The van der Waals surface area contributed by atoms with Gasteiger partial charge in [-0.3, -0.25) is 11.3 Å². The van der Waals surface area contributed by atoms with Gasteiger partial charge in [-0.2, -0.15) is 13.2 Å². The van der Waals surface area contributed by atoms with Crippen molar-refractivity contribution in [2.24, 2.45) is 5.84 Å². The number of nitrogens with one attached hydrogen (secondary N) is 1. The summed E-state index contributed by atoms with van der Waals surface area (Å²) in [5.41, 5.74) is 2.39. The molecule has 1 unspecified atom stereocenters. The molecule has 0 aromatic heterocycles. The Labute approximate surface area is 119 Å². The summed E-state index contributed by atoms with van der Waals surface area (Å²) in [6, 6.07) is 11.6. The molecule has 0 heterocycles. The van der Waals surface area contributed by atoms with E-state index in [0.717, 1.165) is 17.7 Å². The van der Waals surface area contributed by atoms with Crippen LogP contribution in [-0.4, -0.2) is 0 Å². The molecule has 0 spiro atoms. The Morgan fingerprint density at radius 1 is 1.05 bits per heavy atom. The molecule has 2 rings (SSSR count). The second-order valence-electron chi connectivity index (χ2n) is 4.65. The Kier molecular flexibility index (Phi) is 4.59. The zero-order valence-electron chi connectivity index (χ0n) is 11.0. The number of benzene rings is 2. The lowest BCUT2D eigenvalue weighted by Crippen LogP contribution is -2.30. The van der Waals surface area contributed by atoms with Crippen LogP contribution in [0.25, 0.3) is 0 Å². The van der Waals surface area contributed by atoms with Gasteiger partial charge in [-0.1, -0.05) is 36.4 Å². The first-order valence-corrected chi connectivity index (χ1v) is 6.28. The van der Waals surface area contributed by atoms with Crippen molar-refractivity contribution in [3.8, 4) is 0 Å². The second kappa shape index (κ2) is 6.24. The molecule has 0 saturated carbocycles. The lowest BCUT2D eigenvalue weighted by molar-refractivity contribution is -0.140. The third-order valence-corrected chi connectivity index (χ3v) is 3.18. The fourth-order valence-corrected chi connectivity index (χ4v) is 2.10. The molecule has 2 aromatic rings. The molecule has 0 radical (unpaired) electrons. The van der Waals surface area contributed by atoms with Crippen LogP contribution >= 0.6 is 0 Å². The highest BCUT2D eigenvalue weighted by Gasteiger charge is 2.34. The molecule has 6 heteroatoms. The summed E-state index contributed by atoms with van der Waals surface area (Å²) in [6.07, 6.45) is -4.33. The normalized spacial score (nSPS) is 13.2. The number of halogens is 4. The molecule has 0 amide bonds. The molecule has 0 aliphatic heterocycles. The van der Waals surface area contributed by atoms with Gasteiger partial charge in [-0.05, 0) is 29.7 Å². The van der Waals surface area contributed by atoms with Crippen LogP contribution in [0.2, 0.25) is 0 Å². The quantitative estimate of drug-likeness (QED) is 0.514. The Morgan fingerprint density at radius 2 is 1.71 bits per heavy atom. The number of hydrazine groups is 1. The van der Waals surface area contributed by atoms with Crippen LogP contribution in [0, 0.1) is 5.82 Å². The lowest BCUT2D eigenvalue weighted by Gasteiger charge is -2.18. The van der Waals surface area contributed by atoms with E-state index in [9.17, 15) is 17.6 Å². The summed E-state index contributed by atoms with van der Waals surface area (Å²) in [7, 11) is 0. The third kappa shape index (κ3) is 3.80. The number of nitrogens with two attached hydrogens (primary N) is 1. The molecule has 0 bridgehead atoms. The monoisotopic (exact) mass is 298 g/mol. The predicted octanol–water partition coefficient (Wildman–Crippen LogP) is 3.59. The molecule has 112 valence electrons. The highest BCUT2D eigenvalue weighted by molar-refractivity contribution is 5.31. The summed E-state index contributed by atoms with van der Waals surface area (Å²) in [4.78, 5) is 0. The number of hydrogen-bond donors (Lipinski definition) is 2. The van der Waals surface area contributed by atoms with Crippen molar-refractivity contribution >= 4 is 0 Å². The Morgan fingerprint density at radius 3 is 2.29 bits per heavy atom. The second-order valence-corrected chi connectivity index (χ2v) is 4.65. The van der Waals surface area contributed by atoms with Gasteiger partial charge < -0.3 is 0 Å². The van der Waals surface area contributed by atoms with E-state index >= 15 is 0 Å². The fourth-order valence-electron chi connectivity index (χ4n) is 2.10. The van der Waals surface area contributed by atoms with E-state index < -0.39 is 23.6 Å². The van der Waals surface area contributed by atoms with Gasteiger partial charge in [0.1, 0.15) is 5.82 Å². The van der Waals surface area contributed by atoms with Crippen LogP contribution in [0.4, 0.5) is 17.6 Å². The van der Waals surface area contributed by atoms with E-state index in [1.807, 2.05) is 30.3 Å². The molecule has 0 saturated heterocycles. The van der Waals surface area contributed by atoms with Crippen molar-refractivity contribution in [2.45, 2.75) is 18.6 Å². The summed E-state index contributed by atoms with van der Waals surface area (Å²) in [5, 5.41) is 0. The van der Waals surface area contributed by atoms with Crippen molar-refractivity contribution in [3.05, 3.63) is 71.0 Å². The molecule has 0 aliphatic carbocycles. The van der Waals surface area contributed by atoms with E-state index in [1.165, 1.54) is 6.07 Å². The van der Waals surface area contributed by atoms with Gasteiger partial charge in [-0.15, -0.1) is 0 Å². The molecule has 21 heavy (non-hydrogen) atoms. The SMILES string of the molecule is NNC(Cc1ccccc1)c1ccc(F)c(C(F)(F)F)c1. The van der Waals surface area contributed by atoms with Gasteiger partial charge in [-0.25, -0.2) is 4.39 Å². The predicted molar refractivity (Wildman–Crippen MR) is 71.6 cm³/mol. The number of hydrogen-bond acceptors (Lipinski definition) is 2. The lowest BCUT2D eigenvalue weighted by atomic mass is 9.97. The Bertz CT molecular complexity index is 596. The Hall–Kier alpha value is -1.92. The smallest absolute Gasteiger partial charge is 0.271 e. The number of alkyl halides is 3. The summed E-state index contributed by atoms with van der Waals surface area (Å²) >= 11 is 0. The highest BCUT2D eigenvalue weighted by Crippen LogP contribution is 2.33. The first kappa shape index (κ1) is 15.5. The van der Waals surface area contributed by atoms with Crippen LogP contribution in [0.5, 0.6) is 0 Å². The molecular formula is C15H14F4N2. The maximum atomic E-state index is 13.3.